The van der Waals surface area contributed by atoms with E-state index in [1.54, 1.807) is 7.05 Å². The van der Waals surface area contributed by atoms with Gasteiger partial charge in [-0.1, -0.05) is 11.6 Å². The molecule has 1 aromatic rings. The predicted octanol–water partition coefficient (Wildman–Crippen LogP) is 0.0575. The third kappa shape index (κ3) is 2.47. The topological polar surface area (TPSA) is 67.2 Å². The zero-order chi connectivity index (χ0) is 12.5. The summed E-state index contributed by atoms with van der Waals surface area (Å²) in [6.45, 7) is 2.45. The van der Waals surface area contributed by atoms with Crippen molar-refractivity contribution in [2.75, 3.05) is 26.2 Å². The van der Waals surface area contributed by atoms with Crippen LogP contribution in [0.1, 0.15) is 6.42 Å². The molecule has 1 N–H and O–H groups in total. The number of sulfonamides is 1. The lowest BCUT2D eigenvalue weighted by Gasteiger charge is -2.18. The van der Waals surface area contributed by atoms with Crippen molar-refractivity contribution < 1.29 is 8.42 Å². The molecule has 1 aliphatic heterocycles. The molecular weight excluding hydrogens is 264 g/mol. The Balaban J connectivity index is 2.32. The Bertz CT molecular complexity index is 491. The first-order chi connectivity index (χ1) is 8.03. The van der Waals surface area contributed by atoms with Crippen LogP contribution in [0.3, 0.4) is 0 Å². The van der Waals surface area contributed by atoms with Crippen LogP contribution < -0.4 is 5.32 Å². The van der Waals surface area contributed by atoms with E-state index in [0.717, 1.165) is 13.0 Å². The van der Waals surface area contributed by atoms with Gasteiger partial charge in [0.25, 0.3) is 10.0 Å². The molecule has 0 aliphatic carbocycles. The molecule has 0 aromatic carbocycles. The smallest absolute Gasteiger partial charge is 0.263 e. The summed E-state index contributed by atoms with van der Waals surface area (Å²) in [6.07, 6.45) is 2.20. The minimum Gasteiger partial charge on any atom is -0.324 e. The minimum atomic E-state index is -3.57. The van der Waals surface area contributed by atoms with Gasteiger partial charge in [-0.05, 0) is 13.0 Å². The molecule has 0 saturated carbocycles. The molecule has 96 valence electrons. The highest BCUT2D eigenvalue weighted by Gasteiger charge is 2.29. The van der Waals surface area contributed by atoms with Crippen molar-refractivity contribution in [1.82, 2.24) is 19.2 Å². The summed E-state index contributed by atoms with van der Waals surface area (Å²) in [7, 11) is -1.90. The average molecular weight is 279 g/mol. The Morgan fingerprint density at radius 2 is 2.18 bits per heavy atom. The van der Waals surface area contributed by atoms with Crippen molar-refractivity contribution in [2.24, 2.45) is 7.05 Å². The van der Waals surface area contributed by atoms with Crippen molar-refractivity contribution in [1.29, 1.82) is 0 Å². The lowest BCUT2D eigenvalue weighted by atomic mass is 10.4. The maximum absolute atomic E-state index is 12.3. The molecule has 0 amide bonds. The van der Waals surface area contributed by atoms with Gasteiger partial charge in [-0.25, -0.2) is 13.4 Å². The highest BCUT2D eigenvalue weighted by molar-refractivity contribution is 7.89. The molecule has 1 aliphatic rings. The highest BCUT2D eigenvalue weighted by atomic mass is 35.5. The van der Waals surface area contributed by atoms with Crippen LogP contribution >= 0.6 is 11.6 Å². The van der Waals surface area contributed by atoms with Crippen molar-refractivity contribution in [3.8, 4) is 0 Å². The number of rotatable bonds is 2. The second-order valence-electron chi connectivity index (χ2n) is 3.96. The quantitative estimate of drug-likeness (QED) is 0.831. The third-order valence-corrected chi connectivity index (χ3v) is 5.11. The van der Waals surface area contributed by atoms with E-state index in [2.05, 4.69) is 10.3 Å². The molecule has 0 bridgehead atoms. The summed E-state index contributed by atoms with van der Waals surface area (Å²) in [5, 5.41) is 3.26. The molecule has 17 heavy (non-hydrogen) atoms. The molecule has 2 rings (SSSR count). The lowest BCUT2D eigenvalue weighted by Crippen LogP contribution is -2.34. The predicted molar refractivity (Wildman–Crippen MR) is 64.5 cm³/mol. The van der Waals surface area contributed by atoms with E-state index in [0.29, 0.717) is 19.6 Å². The number of halogens is 1. The van der Waals surface area contributed by atoms with Crippen molar-refractivity contribution in [2.45, 2.75) is 11.4 Å². The Morgan fingerprint density at radius 1 is 1.41 bits per heavy atom. The number of hydrogen-bond donors (Lipinski definition) is 1. The Hall–Kier alpha value is -0.630. The summed E-state index contributed by atoms with van der Waals surface area (Å²) in [4.78, 5) is 3.87. The van der Waals surface area contributed by atoms with E-state index < -0.39 is 10.0 Å². The summed E-state index contributed by atoms with van der Waals surface area (Å²) < 4.78 is 27.5. The van der Waals surface area contributed by atoms with E-state index in [9.17, 15) is 8.42 Å². The van der Waals surface area contributed by atoms with Gasteiger partial charge in [0.05, 0.1) is 6.33 Å². The van der Waals surface area contributed by atoms with Crippen LogP contribution in [0, 0.1) is 0 Å². The molecule has 1 saturated heterocycles. The number of imidazole rings is 1. The van der Waals surface area contributed by atoms with Crippen molar-refractivity contribution >= 4 is 21.6 Å². The van der Waals surface area contributed by atoms with E-state index in [-0.39, 0.29) is 10.2 Å². The summed E-state index contributed by atoms with van der Waals surface area (Å²) in [6, 6.07) is 0. The monoisotopic (exact) mass is 278 g/mol. The number of hydrogen-bond acceptors (Lipinski definition) is 4. The van der Waals surface area contributed by atoms with Gasteiger partial charge in [0.15, 0.2) is 0 Å². The molecule has 0 radical (unpaired) electrons. The number of nitrogens with zero attached hydrogens (tertiary/aromatic N) is 3. The Kier molecular flexibility index (Phi) is 3.72. The molecule has 6 nitrogen and oxygen atoms in total. The van der Waals surface area contributed by atoms with Crippen LogP contribution in [0.2, 0.25) is 5.15 Å². The number of nitrogens with one attached hydrogen (secondary N) is 1. The zero-order valence-electron chi connectivity index (χ0n) is 9.56. The summed E-state index contributed by atoms with van der Waals surface area (Å²) >= 11 is 5.93. The second-order valence-corrected chi connectivity index (χ2v) is 6.17. The minimum absolute atomic E-state index is 0.0523. The second kappa shape index (κ2) is 4.93. The zero-order valence-corrected chi connectivity index (χ0v) is 11.1. The van der Waals surface area contributed by atoms with Crippen LogP contribution in [0.15, 0.2) is 11.4 Å². The molecule has 1 fully saturated rings. The van der Waals surface area contributed by atoms with Gasteiger partial charge in [-0.2, -0.15) is 4.31 Å². The van der Waals surface area contributed by atoms with Gasteiger partial charge in [-0.15, -0.1) is 0 Å². The fraction of sp³-hybridized carbons (Fsp3) is 0.667. The maximum atomic E-state index is 12.3. The first-order valence-corrected chi connectivity index (χ1v) is 7.23. The largest absolute Gasteiger partial charge is 0.324 e. The van der Waals surface area contributed by atoms with E-state index in [1.807, 2.05) is 0 Å². The molecule has 8 heteroatoms. The number of aromatic nitrogens is 2. The van der Waals surface area contributed by atoms with Crippen molar-refractivity contribution in [3.05, 3.63) is 11.5 Å². The van der Waals surface area contributed by atoms with Crippen LogP contribution in [-0.4, -0.2) is 48.5 Å². The fourth-order valence-electron chi connectivity index (χ4n) is 1.75. The fourth-order valence-corrected chi connectivity index (χ4v) is 3.62. The molecule has 2 heterocycles. The summed E-state index contributed by atoms with van der Waals surface area (Å²) in [5.41, 5.74) is 0. The maximum Gasteiger partial charge on any atom is 0.263 e. The Labute approximate surface area is 106 Å². The van der Waals surface area contributed by atoms with E-state index in [4.69, 9.17) is 11.6 Å². The number of aryl methyl sites for hydroxylation is 1. The normalized spacial score (nSPS) is 19.2. The van der Waals surface area contributed by atoms with E-state index >= 15 is 0 Å². The highest BCUT2D eigenvalue weighted by Crippen LogP contribution is 2.22. The average Bonchev–Trinajstić information content (AvgIpc) is 2.55. The molecule has 1 aromatic heterocycles. The van der Waals surface area contributed by atoms with Gasteiger partial charge in [-0.3, -0.25) is 0 Å². The van der Waals surface area contributed by atoms with Crippen LogP contribution in [-0.2, 0) is 17.1 Å². The molecule has 0 unspecified atom stereocenters. The Morgan fingerprint density at radius 3 is 2.82 bits per heavy atom. The van der Waals surface area contributed by atoms with Crippen molar-refractivity contribution in [3.63, 3.8) is 0 Å². The lowest BCUT2D eigenvalue weighted by molar-refractivity contribution is 0.430. The molecular formula is C9H15ClN4O2S. The van der Waals surface area contributed by atoms with Gasteiger partial charge >= 0.3 is 0 Å². The van der Waals surface area contributed by atoms with Crippen LogP contribution in [0.25, 0.3) is 0 Å². The first-order valence-electron chi connectivity index (χ1n) is 5.41. The van der Waals surface area contributed by atoms with Crippen LogP contribution in [0.4, 0.5) is 0 Å². The summed E-state index contributed by atoms with van der Waals surface area (Å²) in [5.74, 6) is 0. The van der Waals surface area contributed by atoms with Gasteiger partial charge in [0.1, 0.15) is 5.15 Å². The third-order valence-electron chi connectivity index (χ3n) is 2.72. The first kappa shape index (κ1) is 12.8. The van der Waals surface area contributed by atoms with Crippen LogP contribution in [0.5, 0.6) is 0 Å². The van der Waals surface area contributed by atoms with Gasteiger partial charge < -0.3 is 9.88 Å². The SMILES string of the molecule is Cn1cnc(S(=O)(=O)N2CCCNCC2)c1Cl. The molecule has 0 spiro atoms. The standard InChI is InChI=1S/C9H15ClN4O2S/c1-13-7-12-9(8(13)10)17(15,16)14-5-2-3-11-4-6-14/h7,11H,2-6H2,1H3. The van der Waals surface area contributed by atoms with Gasteiger partial charge in [0.2, 0.25) is 5.03 Å². The molecule has 0 atom stereocenters. The van der Waals surface area contributed by atoms with E-state index in [1.165, 1.54) is 15.2 Å². The van der Waals surface area contributed by atoms with Gasteiger partial charge in [0, 0.05) is 26.7 Å².